The molecule has 2 aliphatic rings. The van der Waals surface area contributed by atoms with Gasteiger partial charge in [0.2, 0.25) is 0 Å². The number of likely N-dealkylation sites (tertiary alicyclic amines) is 1. The largest absolute Gasteiger partial charge is 0.381 e. The van der Waals surface area contributed by atoms with Gasteiger partial charge < -0.3 is 14.8 Å². The minimum Gasteiger partial charge on any atom is -0.381 e. The predicted octanol–water partition coefficient (Wildman–Crippen LogP) is 3.75. The standard InChI is InChI=1S/C25H23N7/c1-30-9-8-22(15-30)28-21-6-7-23-20(10-21)14-31-13-19(18-4-2-17(12-26)3-5-18)11-24(31)25-29-27-16-32(23)25/h2-7,10-11,13,16,22,28H,8-9,14-15H2,1H3. The Hall–Kier alpha value is -3.89. The maximum Gasteiger partial charge on any atom is 0.185 e. The summed E-state index contributed by atoms with van der Waals surface area (Å²) < 4.78 is 4.32. The third-order valence-corrected chi connectivity index (χ3v) is 6.46. The lowest BCUT2D eigenvalue weighted by atomic mass is 10.1. The Morgan fingerprint density at radius 2 is 1.97 bits per heavy atom. The van der Waals surface area contributed by atoms with E-state index in [9.17, 15) is 0 Å². The zero-order valence-corrected chi connectivity index (χ0v) is 17.9. The molecule has 0 amide bonds. The zero-order chi connectivity index (χ0) is 21.7. The lowest BCUT2D eigenvalue weighted by Gasteiger charge is -2.17. The molecule has 0 radical (unpaired) electrons. The Morgan fingerprint density at radius 3 is 2.75 bits per heavy atom. The van der Waals surface area contributed by atoms with E-state index in [0.29, 0.717) is 11.6 Å². The van der Waals surface area contributed by atoms with Gasteiger partial charge >= 0.3 is 0 Å². The monoisotopic (exact) mass is 421 g/mol. The van der Waals surface area contributed by atoms with Crippen molar-refractivity contribution in [2.45, 2.75) is 19.0 Å². The Labute approximate surface area is 186 Å². The predicted molar refractivity (Wildman–Crippen MR) is 124 cm³/mol. The third kappa shape index (κ3) is 3.17. The van der Waals surface area contributed by atoms with E-state index in [0.717, 1.165) is 53.7 Å². The molecule has 6 rings (SSSR count). The lowest BCUT2D eigenvalue weighted by molar-refractivity contribution is 0.414. The molecule has 4 heterocycles. The Morgan fingerprint density at radius 1 is 1.09 bits per heavy atom. The number of hydrogen-bond donors (Lipinski definition) is 1. The first-order valence-corrected chi connectivity index (χ1v) is 10.9. The summed E-state index contributed by atoms with van der Waals surface area (Å²) in [6, 6.07) is 19.1. The summed E-state index contributed by atoms with van der Waals surface area (Å²) in [7, 11) is 2.17. The topological polar surface area (TPSA) is 74.7 Å². The van der Waals surface area contributed by atoms with Crippen LogP contribution in [0.3, 0.4) is 0 Å². The minimum absolute atomic E-state index is 0.486. The number of benzene rings is 2. The lowest BCUT2D eigenvalue weighted by Crippen LogP contribution is -2.23. The van der Waals surface area contributed by atoms with Gasteiger partial charge in [-0.2, -0.15) is 5.26 Å². The van der Waals surface area contributed by atoms with Crippen molar-refractivity contribution in [3.8, 4) is 34.4 Å². The van der Waals surface area contributed by atoms with Gasteiger partial charge in [0.15, 0.2) is 5.82 Å². The van der Waals surface area contributed by atoms with Crippen molar-refractivity contribution in [1.82, 2.24) is 24.2 Å². The fourth-order valence-corrected chi connectivity index (χ4v) is 4.82. The highest BCUT2D eigenvalue weighted by atomic mass is 15.3. The van der Waals surface area contributed by atoms with Crippen molar-refractivity contribution >= 4 is 5.69 Å². The third-order valence-electron chi connectivity index (χ3n) is 6.46. The zero-order valence-electron chi connectivity index (χ0n) is 17.9. The smallest absolute Gasteiger partial charge is 0.185 e. The number of anilines is 1. The first-order valence-electron chi connectivity index (χ1n) is 10.9. The Balaban J connectivity index is 1.39. The van der Waals surface area contributed by atoms with Crippen LogP contribution in [0.15, 0.2) is 61.1 Å². The second-order valence-corrected chi connectivity index (χ2v) is 8.69. The van der Waals surface area contributed by atoms with E-state index in [1.807, 2.05) is 24.3 Å². The summed E-state index contributed by atoms with van der Waals surface area (Å²) in [6.07, 6.45) is 5.12. The molecule has 0 spiro atoms. The van der Waals surface area contributed by atoms with Gasteiger partial charge in [0.05, 0.1) is 23.0 Å². The van der Waals surface area contributed by atoms with Crippen LogP contribution in [0.25, 0.3) is 28.3 Å². The van der Waals surface area contributed by atoms with E-state index < -0.39 is 0 Å². The van der Waals surface area contributed by atoms with Crippen LogP contribution < -0.4 is 5.32 Å². The molecule has 1 unspecified atom stereocenters. The van der Waals surface area contributed by atoms with E-state index in [1.165, 1.54) is 12.0 Å². The van der Waals surface area contributed by atoms with Crippen molar-refractivity contribution in [3.05, 3.63) is 72.2 Å². The summed E-state index contributed by atoms with van der Waals surface area (Å²) in [4.78, 5) is 2.36. The van der Waals surface area contributed by atoms with Crippen LogP contribution in [0, 0.1) is 11.3 Å². The van der Waals surface area contributed by atoms with E-state index >= 15 is 0 Å². The molecule has 2 aliphatic heterocycles. The molecule has 158 valence electrons. The van der Waals surface area contributed by atoms with E-state index in [1.54, 1.807) is 6.33 Å². The molecule has 0 saturated carbocycles. The number of nitrogens with zero attached hydrogens (tertiary/aromatic N) is 6. The van der Waals surface area contributed by atoms with Crippen molar-refractivity contribution in [3.63, 3.8) is 0 Å². The quantitative estimate of drug-likeness (QED) is 0.480. The molecular formula is C25H23N7. The van der Waals surface area contributed by atoms with Gasteiger partial charge in [-0.05, 0) is 67.5 Å². The molecule has 0 bridgehead atoms. The SMILES string of the molecule is CN1CCC(Nc2ccc3c(c2)Cn2cc(-c4ccc(C#N)cc4)cc2-c2nncn2-3)C1. The number of rotatable bonds is 3. The summed E-state index contributed by atoms with van der Waals surface area (Å²) in [5.41, 5.74) is 7.37. The van der Waals surface area contributed by atoms with Gasteiger partial charge in [-0.15, -0.1) is 10.2 Å². The molecule has 1 atom stereocenters. The van der Waals surface area contributed by atoms with E-state index in [2.05, 4.69) is 73.1 Å². The molecule has 7 heteroatoms. The highest BCUT2D eigenvalue weighted by molar-refractivity contribution is 5.72. The molecule has 1 N–H and O–H groups in total. The summed E-state index contributed by atoms with van der Waals surface area (Å²) in [5.74, 6) is 0.835. The van der Waals surface area contributed by atoms with Gasteiger partial charge in [0, 0.05) is 36.6 Å². The second-order valence-electron chi connectivity index (χ2n) is 8.69. The van der Waals surface area contributed by atoms with Crippen LogP contribution >= 0.6 is 0 Å². The van der Waals surface area contributed by atoms with Crippen molar-refractivity contribution in [1.29, 1.82) is 5.26 Å². The average Bonchev–Trinajstić information content (AvgIpc) is 3.53. The van der Waals surface area contributed by atoms with Crippen molar-refractivity contribution in [2.24, 2.45) is 0 Å². The molecule has 0 aliphatic carbocycles. The number of hydrogen-bond acceptors (Lipinski definition) is 5. The first kappa shape index (κ1) is 18.8. The van der Waals surface area contributed by atoms with E-state index in [-0.39, 0.29) is 0 Å². The van der Waals surface area contributed by atoms with Crippen LogP contribution in [0.5, 0.6) is 0 Å². The molecule has 4 aromatic rings. The number of nitrogens with one attached hydrogen (secondary N) is 1. The fraction of sp³-hybridized carbons (Fsp3) is 0.240. The number of fused-ring (bicyclic) bond motifs is 5. The van der Waals surface area contributed by atoms with Crippen LogP contribution in [0.4, 0.5) is 5.69 Å². The van der Waals surface area contributed by atoms with Gasteiger partial charge in [-0.3, -0.25) is 4.57 Å². The van der Waals surface area contributed by atoms with Gasteiger partial charge in [-0.25, -0.2) is 0 Å². The Kier molecular flexibility index (Phi) is 4.33. The van der Waals surface area contributed by atoms with Gasteiger partial charge in [-0.1, -0.05) is 12.1 Å². The number of aromatic nitrogens is 4. The van der Waals surface area contributed by atoms with Crippen LogP contribution in [-0.4, -0.2) is 50.4 Å². The maximum atomic E-state index is 9.09. The van der Waals surface area contributed by atoms with Gasteiger partial charge in [0.1, 0.15) is 6.33 Å². The molecule has 7 nitrogen and oxygen atoms in total. The van der Waals surface area contributed by atoms with Crippen molar-refractivity contribution < 1.29 is 0 Å². The molecular weight excluding hydrogens is 398 g/mol. The van der Waals surface area contributed by atoms with Crippen LogP contribution in [0.1, 0.15) is 17.5 Å². The highest BCUT2D eigenvalue weighted by Gasteiger charge is 2.23. The number of nitriles is 1. The molecule has 1 fully saturated rings. The normalized spacial score (nSPS) is 17.2. The minimum atomic E-state index is 0.486. The van der Waals surface area contributed by atoms with Crippen LogP contribution in [-0.2, 0) is 6.54 Å². The summed E-state index contributed by atoms with van der Waals surface area (Å²) in [6.45, 7) is 2.96. The molecule has 2 aromatic heterocycles. The summed E-state index contributed by atoms with van der Waals surface area (Å²) in [5, 5.41) is 21.4. The molecule has 1 saturated heterocycles. The maximum absolute atomic E-state index is 9.09. The van der Waals surface area contributed by atoms with Crippen molar-refractivity contribution in [2.75, 3.05) is 25.5 Å². The average molecular weight is 422 g/mol. The second kappa shape index (κ2) is 7.36. The number of likely N-dealkylation sites (N-methyl/N-ethyl adjacent to an activating group) is 1. The molecule has 2 aromatic carbocycles. The first-order chi connectivity index (χ1) is 15.7. The molecule has 32 heavy (non-hydrogen) atoms. The highest BCUT2D eigenvalue weighted by Crippen LogP contribution is 2.34. The van der Waals surface area contributed by atoms with Gasteiger partial charge in [0.25, 0.3) is 0 Å². The summed E-state index contributed by atoms with van der Waals surface area (Å²) >= 11 is 0. The van der Waals surface area contributed by atoms with Crippen LogP contribution in [0.2, 0.25) is 0 Å². The fourth-order valence-electron chi connectivity index (χ4n) is 4.82. The van der Waals surface area contributed by atoms with E-state index in [4.69, 9.17) is 5.26 Å². The Bertz CT molecular complexity index is 1340.